The molecule has 19 heavy (non-hydrogen) atoms. The summed E-state index contributed by atoms with van der Waals surface area (Å²) in [7, 11) is -3.81. The highest BCUT2D eigenvalue weighted by atomic mass is 35.5. The fraction of sp³-hybridized carbons (Fsp3) is 0.417. The van der Waals surface area contributed by atoms with Gasteiger partial charge in [0.1, 0.15) is 0 Å². The highest BCUT2D eigenvalue weighted by Gasteiger charge is 2.32. The summed E-state index contributed by atoms with van der Waals surface area (Å²) in [5.74, 6) is 0.158. The number of amides is 1. The molecule has 2 rings (SSSR count). The normalized spacial score (nSPS) is 17.0. The average Bonchev–Trinajstić information content (AvgIpc) is 3.13. The predicted octanol–water partition coefficient (Wildman–Crippen LogP) is 1.97. The molecule has 0 heterocycles. The average molecular weight is 303 g/mol. The molecule has 0 bridgehead atoms. The van der Waals surface area contributed by atoms with Crippen molar-refractivity contribution in [3.63, 3.8) is 0 Å². The van der Waals surface area contributed by atoms with Crippen LogP contribution < -0.4 is 10.5 Å². The lowest BCUT2D eigenvalue weighted by Gasteiger charge is -2.13. The van der Waals surface area contributed by atoms with Crippen LogP contribution in [0.25, 0.3) is 0 Å². The van der Waals surface area contributed by atoms with E-state index in [0.29, 0.717) is 5.92 Å². The molecule has 0 aliphatic heterocycles. The van der Waals surface area contributed by atoms with E-state index in [1.54, 1.807) is 0 Å². The number of hydrogen-bond donors (Lipinski definition) is 2. The maximum atomic E-state index is 12.0. The number of halogens is 1. The third-order valence-corrected chi connectivity index (χ3v) is 4.51. The van der Waals surface area contributed by atoms with Gasteiger partial charge in [-0.05, 0) is 37.0 Å². The number of sulfonamides is 1. The summed E-state index contributed by atoms with van der Waals surface area (Å²) in [6.07, 6.45) is 2.11. The molecule has 0 aromatic heterocycles. The van der Waals surface area contributed by atoms with Gasteiger partial charge < -0.3 is 5.32 Å². The van der Waals surface area contributed by atoms with Crippen molar-refractivity contribution in [2.75, 3.05) is 5.32 Å². The largest absolute Gasteiger partial charge is 0.324 e. The highest BCUT2D eigenvalue weighted by Crippen LogP contribution is 2.37. The van der Waals surface area contributed by atoms with Crippen LogP contribution in [0.1, 0.15) is 19.8 Å². The first-order chi connectivity index (χ1) is 8.79. The number of nitrogens with two attached hydrogens (primary N) is 1. The van der Waals surface area contributed by atoms with Gasteiger partial charge in [-0.2, -0.15) is 0 Å². The summed E-state index contributed by atoms with van der Waals surface area (Å²) in [5.41, 5.74) is 0.269. The number of primary sulfonamides is 1. The predicted molar refractivity (Wildman–Crippen MR) is 73.3 cm³/mol. The minimum Gasteiger partial charge on any atom is -0.324 e. The Hall–Kier alpha value is -1.11. The number of carbonyl (C=O) groups is 1. The third-order valence-electron chi connectivity index (χ3n) is 3.27. The summed E-state index contributed by atoms with van der Waals surface area (Å²) in [6, 6.07) is 3.98. The molecule has 1 saturated carbocycles. The molecule has 1 aromatic carbocycles. The second kappa shape index (κ2) is 5.11. The smallest absolute Gasteiger partial charge is 0.238 e. The van der Waals surface area contributed by atoms with Crippen LogP contribution in [0.5, 0.6) is 0 Å². The number of nitrogens with one attached hydrogen (secondary N) is 1. The standard InChI is InChI=1S/C12H15ClN2O3S/c1-7(8-2-3-8)12(16)15-11-6-9(19(14,17)18)4-5-10(11)13/h4-8H,2-3H2,1H3,(H,15,16)(H2,14,17,18). The molecule has 1 aromatic rings. The zero-order valence-corrected chi connectivity index (χ0v) is 12.0. The lowest BCUT2D eigenvalue weighted by Crippen LogP contribution is -2.22. The molecule has 1 unspecified atom stereocenters. The molecular weight excluding hydrogens is 288 g/mol. The lowest BCUT2D eigenvalue weighted by molar-refractivity contribution is -0.119. The number of rotatable bonds is 4. The first kappa shape index (κ1) is 14.3. The van der Waals surface area contributed by atoms with Crippen molar-refractivity contribution in [2.45, 2.75) is 24.7 Å². The Labute approximate surface area is 117 Å². The van der Waals surface area contributed by atoms with Crippen LogP contribution in [-0.2, 0) is 14.8 Å². The van der Waals surface area contributed by atoms with Gasteiger partial charge in [-0.3, -0.25) is 4.79 Å². The minimum absolute atomic E-state index is 0.0775. The Balaban J connectivity index is 2.21. The van der Waals surface area contributed by atoms with Crippen LogP contribution in [0.2, 0.25) is 5.02 Å². The summed E-state index contributed by atoms with van der Waals surface area (Å²) in [4.78, 5) is 11.9. The van der Waals surface area contributed by atoms with Gasteiger partial charge in [-0.1, -0.05) is 18.5 Å². The maximum Gasteiger partial charge on any atom is 0.238 e. The Morgan fingerprint density at radius 1 is 1.47 bits per heavy atom. The Kier molecular flexibility index (Phi) is 3.85. The van der Waals surface area contributed by atoms with Crippen molar-refractivity contribution in [3.05, 3.63) is 23.2 Å². The summed E-state index contributed by atoms with van der Waals surface area (Å²) < 4.78 is 22.5. The lowest BCUT2D eigenvalue weighted by atomic mass is 10.1. The molecular formula is C12H15ClN2O3S. The van der Waals surface area contributed by atoms with E-state index in [1.807, 2.05) is 6.92 Å². The van der Waals surface area contributed by atoms with Crippen molar-refractivity contribution in [2.24, 2.45) is 17.0 Å². The van der Waals surface area contributed by atoms with Crippen LogP contribution in [0.4, 0.5) is 5.69 Å². The molecule has 3 N–H and O–H groups in total. The van der Waals surface area contributed by atoms with Gasteiger partial charge in [0.2, 0.25) is 15.9 Å². The van der Waals surface area contributed by atoms with Crippen molar-refractivity contribution < 1.29 is 13.2 Å². The zero-order valence-electron chi connectivity index (χ0n) is 10.4. The highest BCUT2D eigenvalue weighted by molar-refractivity contribution is 7.89. The summed E-state index contributed by atoms with van der Waals surface area (Å²) in [6.45, 7) is 1.85. The van der Waals surface area contributed by atoms with Crippen molar-refractivity contribution in [1.82, 2.24) is 0 Å². The second-order valence-corrected chi connectivity index (χ2v) is 6.77. The van der Waals surface area contributed by atoms with E-state index in [-0.39, 0.29) is 27.4 Å². The number of hydrogen-bond acceptors (Lipinski definition) is 3. The first-order valence-corrected chi connectivity index (χ1v) is 7.84. The molecule has 104 valence electrons. The molecule has 0 saturated heterocycles. The van der Waals surface area contributed by atoms with Crippen LogP contribution in [0, 0.1) is 11.8 Å². The quantitative estimate of drug-likeness (QED) is 0.891. The molecule has 5 nitrogen and oxygen atoms in total. The van der Waals surface area contributed by atoms with E-state index in [0.717, 1.165) is 12.8 Å². The van der Waals surface area contributed by atoms with Crippen LogP contribution in [0.3, 0.4) is 0 Å². The summed E-state index contributed by atoms with van der Waals surface area (Å²) >= 11 is 5.94. The second-order valence-electron chi connectivity index (χ2n) is 4.80. The van der Waals surface area contributed by atoms with Crippen LogP contribution in [-0.4, -0.2) is 14.3 Å². The van der Waals surface area contributed by atoms with Gasteiger partial charge in [-0.25, -0.2) is 13.6 Å². The maximum absolute atomic E-state index is 12.0. The van der Waals surface area contributed by atoms with E-state index < -0.39 is 10.0 Å². The molecule has 0 spiro atoms. The Morgan fingerprint density at radius 3 is 2.63 bits per heavy atom. The SMILES string of the molecule is CC(C(=O)Nc1cc(S(N)(=O)=O)ccc1Cl)C1CC1. The zero-order chi connectivity index (χ0) is 14.2. The van der Waals surface area contributed by atoms with Crippen molar-refractivity contribution in [3.8, 4) is 0 Å². The molecule has 1 fully saturated rings. The Morgan fingerprint density at radius 2 is 2.11 bits per heavy atom. The van der Waals surface area contributed by atoms with Crippen LogP contribution in [0.15, 0.2) is 23.1 Å². The molecule has 7 heteroatoms. The van der Waals surface area contributed by atoms with Gasteiger partial charge in [-0.15, -0.1) is 0 Å². The van der Waals surface area contributed by atoms with E-state index in [2.05, 4.69) is 5.32 Å². The van der Waals surface area contributed by atoms with E-state index in [9.17, 15) is 13.2 Å². The number of anilines is 1. The van der Waals surface area contributed by atoms with Crippen molar-refractivity contribution >= 4 is 33.2 Å². The molecule has 1 aliphatic carbocycles. The molecule has 1 atom stereocenters. The van der Waals surface area contributed by atoms with E-state index >= 15 is 0 Å². The van der Waals surface area contributed by atoms with Gasteiger partial charge in [0.15, 0.2) is 0 Å². The van der Waals surface area contributed by atoms with Crippen LogP contribution >= 0.6 is 11.6 Å². The fourth-order valence-corrected chi connectivity index (χ4v) is 2.54. The van der Waals surface area contributed by atoms with Gasteiger partial charge >= 0.3 is 0 Å². The molecule has 1 amide bonds. The number of carbonyl (C=O) groups excluding carboxylic acids is 1. The van der Waals surface area contributed by atoms with Gasteiger partial charge in [0.05, 0.1) is 15.6 Å². The van der Waals surface area contributed by atoms with E-state index in [4.69, 9.17) is 16.7 Å². The Bertz CT molecular complexity index is 611. The topological polar surface area (TPSA) is 89.3 Å². The fourth-order valence-electron chi connectivity index (χ4n) is 1.83. The molecule has 0 radical (unpaired) electrons. The molecule has 1 aliphatic rings. The number of benzene rings is 1. The monoisotopic (exact) mass is 302 g/mol. The van der Waals surface area contributed by atoms with E-state index in [1.165, 1.54) is 18.2 Å². The third kappa shape index (κ3) is 3.46. The van der Waals surface area contributed by atoms with Gasteiger partial charge in [0.25, 0.3) is 0 Å². The first-order valence-electron chi connectivity index (χ1n) is 5.92. The minimum atomic E-state index is -3.81. The summed E-state index contributed by atoms with van der Waals surface area (Å²) in [5, 5.41) is 7.98. The van der Waals surface area contributed by atoms with Crippen molar-refractivity contribution in [1.29, 1.82) is 0 Å². The van der Waals surface area contributed by atoms with Gasteiger partial charge in [0, 0.05) is 5.92 Å².